The number of thioether (sulfide) groups is 1. The van der Waals surface area contributed by atoms with Crippen LogP contribution in [0.15, 0.2) is 0 Å². The first-order valence-electron chi connectivity index (χ1n) is 9.49. The summed E-state index contributed by atoms with van der Waals surface area (Å²) in [6.45, 7) is 10.6. The van der Waals surface area contributed by atoms with Crippen LogP contribution in [0.5, 0.6) is 0 Å². The maximum absolute atomic E-state index is 12.8. The van der Waals surface area contributed by atoms with Crippen LogP contribution >= 0.6 is 11.8 Å². The molecule has 0 radical (unpaired) electrons. The number of rotatable bonds is 11. The number of aliphatic hydroxyl groups excluding tert-OH is 1. The van der Waals surface area contributed by atoms with Crippen LogP contribution < -0.4 is 10.6 Å². The number of carbonyl (C=O) groups is 3. The van der Waals surface area contributed by atoms with Crippen molar-refractivity contribution in [3.05, 3.63) is 0 Å². The van der Waals surface area contributed by atoms with Gasteiger partial charge in [0.2, 0.25) is 5.91 Å². The fourth-order valence-electron chi connectivity index (χ4n) is 1.92. The van der Waals surface area contributed by atoms with E-state index in [9.17, 15) is 14.4 Å². The summed E-state index contributed by atoms with van der Waals surface area (Å²) >= 11 is 1.39. The number of methoxy groups -OCH3 is 1. The third-order valence-electron chi connectivity index (χ3n) is 3.22. The third-order valence-corrected chi connectivity index (χ3v) is 4.37. The quantitative estimate of drug-likeness (QED) is 0.329. The second kappa shape index (κ2) is 12.9. The summed E-state index contributed by atoms with van der Waals surface area (Å²) in [6.07, 6.45) is -0.170. The molecule has 170 valence electrons. The molecule has 0 aromatic rings. The van der Waals surface area contributed by atoms with Crippen LogP contribution in [0.1, 0.15) is 48.0 Å². The van der Waals surface area contributed by atoms with Crippen molar-refractivity contribution in [2.45, 2.75) is 71.2 Å². The lowest BCUT2D eigenvalue weighted by Gasteiger charge is -2.26. The van der Waals surface area contributed by atoms with E-state index in [1.807, 2.05) is 20.8 Å². The van der Waals surface area contributed by atoms with Gasteiger partial charge in [-0.3, -0.25) is 4.79 Å². The monoisotopic (exact) mass is 436 g/mol. The van der Waals surface area contributed by atoms with E-state index in [0.717, 1.165) is 0 Å². The van der Waals surface area contributed by atoms with Crippen LogP contribution in [0.2, 0.25) is 0 Å². The van der Waals surface area contributed by atoms with Gasteiger partial charge in [-0.2, -0.15) is 11.8 Å². The van der Waals surface area contributed by atoms with Crippen molar-refractivity contribution in [3.8, 4) is 0 Å². The normalized spacial score (nSPS) is 13.9. The molecule has 0 heterocycles. The first-order valence-corrected chi connectivity index (χ1v) is 10.6. The van der Waals surface area contributed by atoms with Crippen molar-refractivity contribution in [2.24, 2.45) is 0 Å². The number of carbonyl (C=O) groups excluding carboxylic acids is 3. The number of nitrogens with one attached hydrogen (secondary N) is 2. The number of ether oxygens (including phenoxy) is 3. The number of hydrogen-bond donors (Lipinski definition) is 3. The zero-order valence-corrected chi connectivity index (χ0v) is 19.3. The number of hydrogen-bond acceptors (Lipinski definition) is 8. The van der Waals surface area contributed by atoms with Gasteiger partial charge in [-0.15, -0.1) is 0 Å². The summed E-state index contributed by atoms with van der Waals surface area (Å²) in [7, 11) is 1.22. The molecule has 29 heavy (non-hydrogen) atoms. The Bertz CT molecular complexity index is 530. The lowest BCUT2D eigenvalue weighted by molar-refractivity contribution is -0.148. The Labute approximate surface area is 177 Å². The zero-order valence-electron chi connectivity index (χ0n) is 18.5. The Balaban J connectivity index is 5.14. The Morgan fingerprint density at radius 2 is 1.62 bits per heavy atom. The molecule has 2 amide bonds. The molecule has 0 aliphatic rings. The molecule has 0 spiro atoms. The van der Waals surface area contributed by atoms with Crippen molar-refractivity contribution < 1.29 is 33.7 Å². The van der Waals surface area contributed by atoms with Crippen LogP contribution in [0.4, 0.5) is 4.79 Å². The molecule has 0 unspecified atom stereocenters. The standard InChI is InChI=1S/C19H36N2O7S/c1-18(2,3)27-11-13(16(24)26-7)20-15(23)14(12-29-10-8-9-22)21-17(25)28-19(4,5)6/h13-14,22H,8-12H2,1-7H3,(H,20,23)(H,21,25)/t13-,14-/m0/s1. The molecule has 10 heteroatoms. The van der Waals surface area contributed by atoms with E-state index in [4.69, 9.17) is 19.3 Å². The van der Waals surface area contributed by atoms with Crippen LogP contribution in [0.25, 0.3) is 0 Å². The predicted molar refractivity (Wildman–Crippen MR) is 112 cm³/mol. The average Bonchev–Trinajstić information content (AvgIpc) is 2.57. The van der Waals surface area contributed by atoms with Gasteiger partial charge in [0.15, 0.2) is 6.04 Å². The van der Waals surface area contributed by atoms with E-state index in [1.54, 1.807) is 20.8 Å². The van der Waals surface area contributed by atoms with Gasteiger partial charge in [0.25, 0.3) is 0 Å². The molecule has 0 fully saturated rings. The third kappa shape index (κ3) is 14.2. The molecular weight excluding hydrogens is 400 g/mol. The second-order valence-electron chi connectivity index (χ2n) is 8.36. The van der Waals surface area contributed by atoms with Crippen molar-refractivity contribution in [1.82, 2.24) is 10.6 Å². The van der Waals surface area contributed by atoms with Crippen LogP contribution in [-0.4, -0.2) is 78.2 Å². The molecule has 9 nitrogen and oxygen atoms in total. The largest absolute Gasteiger partial charge is 0.467 e. The maximum Gasteiger partial charge on any atom is 0.408 e. The molecule has 0 aliphatic carbocycles. The average molecular weight is 437 g/mol. The Morgan fingerprint density at radius 3 is 2.10 bits per heavy atom. The molecule has 0 rings (SSSR count). The number of esters is 1. The number of alkyl carbamates (subject to hydrolysis) is 1. The van der Waals surface area contributed by atoms with E-state index >= 15 is 0 Å². The van der Waals surface area contributed by atoms with Gasteiger partial charge < -0.3 is 30.0 Å². The fraction of sp³-hybridized carbons (Fsp3) is 0.842. The van der Waals surface area contributed by atoms with Gasteiger partial charge in [0.1, 0.15) is 11.6 Å². The first-order chi connectivity index (χ1) is 13.3. The predicted octanol–water partition coefficient (Wildman–Crippen LogP) is 1.47. The highest BCUT2D eigenvalue weighted by Crippen LogP contribution is 2.11. The van der Waals surface area contributed by atoms with E-state index in [0.29, 0.717) is 12.2 Å². The minimum absolute atomic E-state index is 0.0396. The summed E-state index contributed by atoms with van der Waals surface area (Å²) in [5.74, 6) is -0.338. The van der Waals surface area contributed by atoms with E-state index in [2.05, 4.69) is 10.6 Å². The highest BCUT2D eigenvalue weighted by molar-refractivity contribution is 7.99. The number of aliphatic hydroxyl groups is 1. The fourth-order valence-corrected chi connectivity index (χ4v) is 2.89. The minimum atomic E-state index is -1.02. The highest BCUT2D eigenvalue weighted by atomic mass is 32.2. The molecular formula is C19H36N2O7S. The Hall–Kier alpha value is -1.52. The summed E-state index contributed by atoms with van der Waals surface area (Å²) in [4.78, 5) is 36.9. The summed E-state index contributed by atoms with van der Waals surface area (Å²) in [5, 5.41) is 14.0. The van der Waals surface area contributed by atoms with Gasteiger partial charge in [-0.1, -0.05) is 0 Å². The van der Waals surface area contributed by atoms with Crippen molar-refractivity contribution in [2.75, 3.05) is 31.8 Å². The smallest absolute Gasteiger partial charge is 0.408 e. The molecule has 0 saturated carbocycles. The first kappa shape index (κ1) is 27.5. The minimum Gasteiger partial charge on any atom is -0.467 e. The van der Waals surface area contributed by atoms with Gasteiger partial charge in [-0.05, 0) is 53.7 Å². The second-order valence-corrected chi connectivity index (χ2v) is 9.51. The lowest BCUT2D eigenvalue weighted by atomic mass is 10.2. The summed E-state index contributed by atoms with van der Waals surface area (Å²) < 4.78 is 15.6. The molecule has 0 aromatic heterocycles. The Morgan fingerprint density at radius 1 is 1.00 bits per heavy atom. The molecule has 2 atom stereocenters. The van der Waals surface area contributed by atoms with Gasteiger partial charge in [-0.25, -0.2) is 9.59 Å². The van der Waals surface area contributed by atoms with Gasteiger partial charge >= 0.3 is 12.1 Å². The molecule has 0 aromatic carbocycles. The topological polar surface area (TPSA) is 123 Å². The van der Waals surface area contributed by atoms with E-state index in [-0.39, 0.29) is 19.0 Å². The molecule has 0 saturated heterocycles. The van der Waals surface area contributed by atoms with E-state index in [1.165, 1.54) is 18.9 Å². The van der Waals surface area contributed by atoms with E-state index < -0.39 is 41.3 Å². The summed E-state index contributed by atoms with van der Waals surface area (Å²) in [6, 6.07) is -1.95. The summed E-state index contributed by atoms with van der Waals surface area (Å²) in [5.41, 5.74) is -1.23. The SMILES string of the molecule is COC(=O)[C@H](COC(C)(C)C)NC(=O)[C@H](CSCCCO)NC(=O)OC(C)(C)C. The van der Waals surface area contributed by atoms with Crippen molar-refractivity contribution in [3.63, 3.8) is 0 Å². The zero-order chi connectivity index (χ0) is 22.7. The van der Waals surface area contributed by atoms with Crippen molar-refractivity contribution in [1.29, 1.82) is 0 Å². The maximum atomic E-state index is 12.8. The molecule has 0 aliphatic heterocycles. The van der Waals surface area contributed by atoms with Crippen LogP contribution in [0, 0.1) is 0 Å². The lowest BCUT2D eigenvalue weighted by Crippen LogP contribution is -2.55. The van der Waals surface area contributed by atoms with Crippen LogP contribution in [-0.2, 0) is 23.8 Å². The van der Waals surface area contributed by atoms with Crippen molar-refractivity contribution >= 4 is 29.7 Å². The van der Waals surface area contributed by atoms with Gasteiger partial charge in [0.05, 0.1) is 19.3 Å². The Kier molecular flexibility index (Phi) is 12.2. The molecule has 0 bridgehead atoms. The number of amides is 2. The highest BCUT2D eigenvalue weighted by Gasteiger charge is 2.30. The van der Waals surface area contributed by atoms with Crippen LogP contribution in [0.3, 0.4) is 0 Å². The van der Waals surface area contributed by atoms with Gasteiger partial charge in [0, 0.05) is 12.4 Å². The molecule has 3 N–H and O–H groups in total.